The van der Waals surface area contributed by atoms with Gasteiger partial charge in [0.2, 0.25) is 0 Å². The van der Waals surface area contributed by atoms with E-state index < -0.39 is 32.1 Å². The Balaban J connectivity index is 2.43. The van der Waals surface area contributed by atoms with Crippen molar-refractivity contribution in [3.63, 3.8) is 0 Å². The zero-order valence-electron chi connectivity index (χ0n) is 21.9. The number of rotatable bonds is 6. The monoisotopic (exact) mass is 571 g/mol. The van der Waals surface area contributed by atoms with Crippen LogP contribution >= 0.6 is 7.92 Å². The third kappa shape index (κ3) is 5.69. The molecule has 0 fully saturated rings. The van der Waals surface area contributed by atoms with Crippen molar-refractivity contribution in [3.05, 3.63) is 54.6 Å². The van der Waals surface area contributed by atoms with Crippen LogP contribution in [0.2, 0.25) is 58.9 Å². The predicted molar refractivity (Wildman–Crippen MR) is 171 cm³/mol. The molecule has 0 amide bonds. The van der Waals surface area contributed by atoms with E-state index in [1.807, 2.05) is 0 Å². The lowest BCUT2D eigenvalue weighted by molar-refractivity contribution is 1.52. The van der Waals surface area contributed by atoms with Crippen molar-refractivity contribution in [2.75, 3.05) is 0 Å². The van der Waals surface area contributed by atoms with Gasteiger partial charge in [-0.25, -0.2) is 0 Å². The topological polar surface area (TPSA) is 0 Å². The molecule has 0 spiro atoms. The number of hydrogen-bond donors (Lipinski definition) is 0. The Bertz CT molecular complexity index is 1050. The fourth-order valence-electron chi connectivity index (χ4n) is 4.26. The largest absolute Gasteiger partial charge is 0.779 e. The molecule has 0 bridgehead atoms. The van der Waals surface area contributed by atoms with E-state index in [0.29, 0.717) is 0 Å². The van der Waals surface area contributed by atoms with Gasteiger partial charge < -0.3 is 37.9 Å². The number of hydrogen-bond acceptors (Lipinski definition) is 3. The van der Waals surface area contributed by atoms with E-state index in [4.69, 9.17) is 37.9 Å². The minimum atomic E-state index is -1.60. The van der Waals surface area contributed by atoms with Gasteiger partial charge in [0.15, 0.2) is 0 Å². The Labute approximate surface area is 228 Å². The Morgan fingerprint density at radius 2 is 0.676 bits per heavy atom. The molecular formula is C27H36PS3Si3-3. The van der Waals surface area contributed by atoms with Crippen molar-refractivity contribution in [3.8, 4) is 0 Å². The summed E-state index contributed by atoms with van der Waals surface area (Å²) in [6.45, 7) is 21.4. The van der Waals surface area contributed by atoms with Crippen LogP contribution in [0.4, 0.5) is 0 Å². The molecule has 0 aliphatic carbocycles. The molecule has 3 aromatic carbocycles. The highest BCUT2D eigenvalue weighted by Gasteiger charge is 2.26. The average molecular weight is 572 g/mol. The SMILES string of the molecule is C[Si](C)(C)c1cccc(P(c2cccc([Si](C)(C)C)c2[S-])c2cccc([Si](C)(C)C)c2[S-])c1[S-]. The average Bonchev–Trinajstić information content (AvgIpc) is 2.69. The quantitative estimate of drug-likeness (QED) is 0.237. The van der Waals surface area contributed by atoms with Gasteiger partial charge >= 0.3 is 0 Å². The second-order valence-corrected chi connectivity index (χ2v) is 30.5. The van der Waals surface area contributed by atoms with Gasteiger partial charge in [0.1, 0.15) is 0 Å². The molecule has 3 aromatic rings. The summed E-state index contributed by atoms with van der Waals surface area (Å²) in [5, 5.41) is 7.78. The van der Waals surface area contributed by atoms with E-state index in [-0.39, 0.29) is 0 Å². The molecule has 0 saturated heterocycles. The van der Waals surface area contributed by atoms with Crippen molar-refractivity contribution in [1.82, 2.24) is 0 Å². The number of benzene rings is 3. The maximum absolute atomic E-state index is 6.22. The third-order valence-corrected chi connectivity index (χ3v) is 17.1. The lowest BCUT2D eigenvalue weighted by Crippen LogP contribution is -2.45. The van der Waals surface area contributed by atoms with Crippen LogP contribution in [0.25, 0.3) is 0 Å². The molecular weight excluding hydrogens is 536 g/mol. The zero-order chi connectivity index (χ0) is 25.6. The van der Waals surface area contributed by atoms with Crippen LogP contribution in [0, 0.1) is 0 Å². The smallest absolute Gasteiger partial charge is 0.0756 e. The lowest BCUT2D eigenvalue weighted by atomic mass is 10.3. The van der Waals surface area contributed by atoms with Crippen molar-refractivity contribution in [2.24, 2.45) is 0 Å². The summed E-state index contributed by atoms with van der Waals surface area (Å²) in [6, 6.07) is 20.0. The predicted octanol–water partition coefficient (Wildman–Crippen LogP) is 4.80. The Hall–Kier alpha value is -0.599. The lowest BCUT2D eigenvalue weighted by Gasteiger charge is -2.38. The van der Waals surface area contributed by atoms with Crippen LogP contribution in [-0.4, -0.2) is 24.2 Å². The first-order chi connectivity index (χ1) is 15.5. The third-order valence-electron chi connectivity index (χ3n) is 6.13. The van der Waals surface area contributed by atoms with E-state index >= 15 is 0 Å². The van der Waals surface area contributed by atoms with Crippen molar-refractivity contribution < 1.29 is 0 Å². The molecule has 0 N–H and O–H groups in total. The van der Waals surface area contributed by atoms with Crippen LogP contribution in [0.5, 0.6) is 0 Å². The van der Waals surface area contributed by atoms with Crippen LogP contribution in [-0.2, 0) is 37.9 Å². The molecule has 0 atom stereocenters. The van der Waals surface area contributed by atoms with E-state index in [9.17, 15) is 0 Å². The van der Waals surface area contributed by atoms with E-state index in [1.54, 1.807) is 0 Å². The van der Waals surface area contributed by atoms with Crippen LogP contribution in [0.15, 0.2) is 69.3 Å². The molecule has 182 valence electrons. The summed E-state index contributed by atoms with van der Waals surface area (Å²) in [5.74, 6) is 0. The molecule has 0 aliphatic heterocycles. The maximum Gasteiger partial charge on any atom is 0.0756 e. The van der Waals surface area contributed by atoms with Gasteiger partial charge in [-0.05, 0) is 23.8 Å². The van der Waals surface area contributed by atoms with Gasteiger partial charge in [0.05, 0.1) is 24.2 Å². The summed E-state index contributed by atoms with van der Waals surface area (Å²) in [4.78, 5) is 3.06. The fourth-order valence-corrected chi connectivity index (χ4v) is 15.3. The summed E-state index contributed by atoms with van der Waals surface area (Å²) in [7, 11) is -5.74. The van der Waals surface area contributed by atoms with Crippen molar-refractivity contribution in [2.45, 2.75) is 73.6 Å². The molecule has 0 radical (unpaired) electrons. The van der Waals surface area contributed by atoms with Gasteiger partial charge in [-0.3, -0.25) is 0 Å². The molecule has 0 nitrogen and oxygen atoms in total. The van der Waals surface area contributed by atoms with Gasteiger partial charge in [0, 0.05) is 0 Å². The summed E-state index contributed by atoms with van der Waals surface area (Å²) < 4.78 is 0. The summed E-state index contributed by atoms with van der Waals surface area (Å²) in [5.41, 5.74) is 0. The molecule has 0 unspecified atom stereocenters. The van der Waals surface area contributed by atoms with Gasteiger partial charge in [-0.2, -0.15) is 14.7 Å². The molecule has 7 heteroatoms. The molecule has 0 aliphatic rings. The van der Waals surface area contributed by atoms with Crippen LogP contribution in [0.1, 0.15) is 0 Å². The fraction of sp³-hybridized carbons (Fsp3) is 0.333. The van der Waals surface area contributed by atoms with E-state index in [1.165, 1.54) is 31.5 Å². The first-order valence-corrected chi connectivity index (χ1v) is 24.8. The molecule has 0 aromatic heterocycles. The highest BCUT2D eigenvalue weighted by Crippen LogP contribution is 2.37. The highest BCUT2D eigenvalue weighted by atomic mass is 32.1. The minimum absolute atomic E-state index is 0.944. The second-order valence-electron chi connectivity index (χ2n) is 12.0. The minimum Gasteiger partial charge on any atom is -0.779 e. The standard InChI is InChI=1S/C27H39PS3Si3/c1-32(2,3)22-16-10-13-19(25(22)29)28(20-14-11-17-23(26(20)30)33(4,5)6)21-15-12-18-24(27(21)31)34(7,8)9/h10-18,29-31H,1-9H3/p-3. The first kappa shape index (κ1) is 28.0. The second kappa shape index (κ2) is 10.0. The Morgan fingerprint density at radius 1 is 0.441 bits per heavy atom. The normalized spacial score (nSPS) is 12.9. The van der Waals surface area contributed by atoms with Gasteiger partial charge in [0.25, 0.3) is 0 Å². The summed E-state index contributed by atoms with van der Waals surface area (Å²) >= 11 is 18.6. The molecule has 3 rings (SSSR count). The van der Waals surface area contributed by atoms with Gasteiger partial charge in [-0.1, -0.05) is 129 Å². The Morgan fingerprint density at radius 3 is 0.882 bits per heavy atom. The first-order valence-electron chi connectivity index (χ1n) is 11.8. The van der Waals surface area contributed by atoms with Crippen molar-refractivity contribution in [1.29, 1.82) is 0 Å². The van der Waals surface area contributed by atoms with E-state index in [2.05, 4.69) is 114 Å². The molecule has 34 heavy (non-hydrogen) atoms. The maximum atomic E-state index is 6.22. The molecule has 0 saturated carbocycles. The Kier molecular flexibility index (Phi) is 8.26. The highest BCUT2D eigenvalue weighted by molar-refractivity contribution is 7.82. The van der Waals surface area contributed by atoms with Crippen molar-refractivity contribution >= 4 is 102 Å². The van der Waals surface area contributed by atoms with Gasteiger partial charge in [-0.15, -0.1) is 0 Å². The molecule has 0 heterocycles. The summed E-state index contributed by atoms with van der Waals surface area (Å²) in [6.07, 6.45) is 0. The van der Waals surface area contributed by atoms with Crippen LogP contribution < -0.4 is 31.5 Å². The van der Waals surface area contributed by atoms with Crippen LogP contribution in [0.3, 0.4) is 0 Å². The van der Waals surface area contributed by atoms with E-state index in [0.717, 1.165) is 14.7 Å². The zero-order valence-corrected chi connectivity index (χ0v) is 28.2.